The molecule has 0 radical (unpaired) electrons. The van der Waals surface area contributed by atoms with Crippen LogP contribution in [0.3, 0.4) is 0 Å². The second-order valence-electron chi connectivity index (χ2n) is 2.34. The Kier molecular flexibility index (Phi) is 22.9. The summed E-state index contributed by atoms with van der Waals surface area (Å²) in [6.07, 6.45) is 0. The highest BCUT2D eigenvalue weighted by Gasteiger charge is 1.99. The number of methoxy groups -OCH3 is 1. The van der Waals surface area contributed by atoms with E-state index in [1.165, 1.54) is 7.11 Å². The van der Waals surface area contributed by atoms with Crippen molar-refractivity contribution in [3.8, 4) is 0 Å². The quantitative estimate of drug-likeness (QED) is 0.512. The van der Waals surface area contributed by atoms with Crippen LogP contribution in [0.15, 0.2) is 0 Å². The molecule has 0 bridgehead atoms. The number of nitrogens with two attached hydrogens (primary N) is 2. The van der Waals surface area contributed by atoms with Crippen molar-refractivity contribution in [1.29, 1.82) is 0 Å². The average Bonchev–Trinajstić information content (AvgIpc) is 2.18. The smallest absolute Gasteiger partial charge is 0.318 e. The molecule has 5 N–H and O–H groups in total. The largest absolute Gasteiger partial charge is 0.487 e. The molecule has 0 aliphatic heterocycles. The summed E-state index contributed by atoms with van der Waals surface area (Å²) >= 11 is 8.12. The summed E-state index contributed by atoms with van der Waals surface area (Å²) in [5.41, 5.74) is 9.20. The van der Waals surface area contributed by atoms with Crippen LogP contribution in [0.25, 0.3) is 0 Å². The van der Waals surface area contributed by atoms with Crippen LogP contribution in [-0.2, 0) is 13.6 Å². The summed E-state index contributed by atoms with van der Waals surface area (Å²) in [4.78, 5) is 0. The lowest BCUT2D eigenvalue weighted by atomic mass is 10.9. The second-order valence-corrected chi connectivity index (χ2v) is 4.96. The van der Waals surface area contributed by atoms with Gasteiger partial charge in [-0.25, -0.2) is 0 Å². The van der Waals surface area contributed by atoms with E-state index in [0.29, 0.717) is 0 Å². The Morgan fingerprint density at radius 3 is 1.53 bits per heavy atom. The van der Waals surface area contributed by atoms with Gasteiger partial charge >= 0.3 is 9.28 Å². The summed E-state index contributed by atoms with van der Waals surface area (Å²) in [7, 11) is 0.231. The zero-order valence-corrected chi connectivity index (χ0v) is 13.4. The lowest BCUT2D eigenvalue weighted by Crippen LogP contribution is -2.17. The molecule has 0 saturated carbocycles. The first-order chi connectivity index (χ1) is 7.81. The number of hydrogen-bond donors (Lipinski definition) is 3. The fourth-order valence-electron chi connectivity index (χ4n) is 0.518. The third-order valence-corrected chi connectivity index (χ3v) is 2.78. The lowest BCUT2D eigenvalue weighted by Gasteiger charge is -2.07. The molecular weight excluding hydrogens is 280 g/mol. The number of aliphatic hydroxyl groups excluding tert-OH is 1. The van der Waals surface area contributed by atoms with Gasteiger partial charge in [-0.15, -0.1) is 0 Å². The highest BCUT2D eigenvalue weighted by molar-refractivity contribution is 7.80. The van der Waals surface area contributed by atoms with Crippen LogP contribution in [0, 0.1) is 0 Å². The minimum Gasteiger partial charge on any atom is -0.487 e. The summed E-state index contributed by atoms with van der Waals surface area (Å²) in [5, 5.41) is 7.15. The van der Waals surface area contributed by atoms with Gasteiger partial charge in [-0.3, -0.25) is 0 Å². The van der Waals surface area contributed by atoms with Gasteiger partial charge in [-0.1, -0.05) is 0 Å². The Labute approximate surface area is 115 Å². The predicted molar refractivity (Wildman–Crippen MR) is 79.5 cm³/mol. The van der Waals surface area contributed by atoms with Gasteiger partial charge in [0.1, 0.15) is 0 Å². The van der Waals surface area contributed by atoms with Crippen molar-refractivity contribution in [2.24, 2.45) is 11.5 Å². The minimum absolute atomic E-state index is 0.0880. The van der Waals surface area contributed by atoms with Crippen LogP contribution in [0.4, 0.5) is 0 Å². The molecule has 0 aromatic rings. The molecule has 0 fully saturated rings. The molecule has 0 atom stereocenters. The van der Waals surface area contributed by atoms with Gasteiger partial charge in [0.2, 0.25) is 0 Å². The summed E-state index contributed by atoms with van der Waals surface area (Å²) in [5.74, 6) is 0. The first-order valence-corrected chi connectivity index (χ1v) is 7.78. The van der Waals surface area contributed by atoms with E-state index in [9.17, 15) is 0 Å². The molecule has 0 aromatic carbocycles. The summed E-state index contributed by atoms with van der Waals surface area (Å²) < 4.78 is 14.7. The molecule has 104 valence electrons. The first-order valence-electron chi connectivity index (χ1n) is 4.86. The standard InChI is InChI=1S/C5H14O2Si.C2H5NOS.CH3NOS/c1-4-6-8(3)7-5-2;1-4-2(3)5;2-1(3)4/h8H,4-5H2,1-3H3;1H3,(H2,3,5);(H3,2,3,4). The minimum atomic E-state index is -1.20. The monoisotopic (exact) mass is 302 g/mol. The topological polar surface area (TPSA) is 100.0 Å². The van der Waals surface area contributed by atoms with Crippen molar-refractivity contribution in [3.05, 3.63) is 0 Å². The molecule has 0 heterocycles. The number of aliphatic hydroxyl groups is 1. The van der Waals surface area contributed by atoms with Crippen molar-refractivity contribution in [1.82, 2.24) is 0 Å². The molecule has 17 heavy (non-hydrogen) atoms. The Hall–Kier alpha value is -0.483. The third-order valence-electron chi connectivity index (χ3n) is 1.00. The number of ether oxygens (including phenoxy) is 1. The SMILES string of the molecule is CCO[SiH](C)OCC.COC(N)=S.NC(O)=S. The summed E-state index contributed by atoms with van der Waals surface area (Å²) in [6, 6.07) is 0. The van der Waals surface area contributed by atoms with E-state index < -0.39 is 14.5 Å². The number of thiocarbonyl (C=S) groups is 2. The molecule has 0 spiro atoms. The van der Waals surface area contributed by atoms with Gasteiger partial charge < -0.3 is 30.2 Å². The highest BCUT2D eigenvalue weighted by atomic mass is 32.1. The van der Waals surface area contributed by atoms with Gasteiger partial charge in [-0.05, 0) is 44.8 Å². The van der Waals surface area contributed by atoms with Gasteiger partial charge in [0, 0.05) is 13.2 Å². The van der Waals surface area contributed by atoms with Crippen molar-refractivity contribution in [3.63, 3.8) is 0 Å². The van der Waals surface area contributed by atoms with Crippen LogP contribution in [0.2, 0.25) is 6.55 Å². The predicted octanol–water partition coefficient (Wildman–Crippen LogP) is 0.574. The molecule has 6 nitrogen and oxygen atoms in total. The van der Waals surface area contributed by atoms with Crippen LogP contribution in [0.5, 0.6) is 0 Å². The number of rotatable bonds is 4. The normalized spacial score (nSPS) is 8.29. The van der Waals surface area contributed by atoms with Crippen molar-refractivity contribution >= 4 is 44.1 Å². The van der Waals surface area contributed by atoms with E-state index in [0.717, 1.165) is 13.2 Å². The lowest BCUT2D eigenvalue weighted by molar-refractivity contribution is 0.219. The maximum atomic E-state index is 7.56. The molecule has 0 rings (SSSR count). The fraction of sp³-hybridized carbons (Fsp3) is 0.750. The number of hydrogen-bond acceptors (Lipinski definition) is 5. The Morgan fingerprint density at radius 2 is 1.41 bits per heavy atom. The Morgan fingerprint density at radius 1 is 1.18 bits per heavy atom. The van der Waals surface area contributed by atoms with E-state index in [1.54, 1.807) is 0 Å². The Balaban J connectivity index is -0.000000188. The fourth-order valence-corrected chi connectivity index (χ4v) is 1.55. The average molecular weight is 302 g/mol. The van der Waals surface area contributed by atoms with E-state index in [1.807, 2.05) is 20.4 Å². The maximum Gasteiger partial charge on any atom is 0.318 e. The van der Waals surface area contributed by atoms with E-state index in [-0.39, 0.29) is 5.17 Å². The van der Waals surface area contributed by atoms with E-state index in [4.69, 9.17) is 19.7 Å². The molecule has 0 aromatic heterocycles. The van der Waals surface area contributed by atoms with Crippen LogP contribution in [-0.4, -0.2) is 45.1 Å². The van der Waals surface area contributed by atoms with Gasteiger partial charge in [0.25, 0.3) is 10.3 Å². The van der Waals surface area contributed by atoms with Crippen molar-refractivity contribution < 1.29 is 18.7 Å². The molecule has 0 saturated heterocycles. The van der Waals surface area contributed by atoms with Gasteiger partial charge in [0.15, 0.2) is 0 Å². The molecule has 0 aliphatic rings. The van der Waals surface area contributed by atoms with Crippen LogP contribution in [0.1, 0.15) is 13.8 Å². The van der Waals surface area contributed by atoms with Crippen LogP contribution < -0.4 is 11.5 Å². The molecule has 0 unspecified atom stereocenters. The van der Waals surface area contributed by atoms with Gasteiger partial charge in [0.05, 0.1) is 7.11 Å². The van der Waals surface area contributed by atoms with E-state index >= 15 is 0 Å². The van der Waals surface area contributed by atoms with Crippen molar-refractivity contribution in [2.45, 2.75) is 20.4 Å². The zero-order chi connectivity index (χ0) is 14.3. The molecule has 9 heteroatoms. The zero-order valence-electron chi connectivity index (χ0n) is 10.6. The molecule has 0 amide bonds. The Bertz CT molecular complexity index is 188. The summed E-state index contributed by atoms with van der Waals surface area (Å²) in [6.45, 7) is 7.58. The third kappa shape index (κ3) is 50.2. The second kappa shape index (κ2) is 17.9. The highest BCUT2D eigenvalue weighted by Crippen LogP contribution is 1.85. The molecular formula is C8H22N2O4S2Si. The van der Waals surface area contributed by atoms with E-state index in [2.05, 4.69) is 34.9 Å². The van der Waals surface area contributed by atoms with Crippen molar-refractivity contribution in [2.75, 3.05) is 20.3 Å². The maximum absolute atomic E-state index is 7.56. The van der Waals surface area contributed by atoms with Gasteiger partial charge in [-0.2, -0.15) is 0 Å². The van der Waals surface area contributed by atoms with Crippen LogP contribution >= 0.6 is 24.4 Å². The first kappa shape index (κ1) is 21.8. The molecule has 0 aliphatic carbocycles.